The lowest BCUT2D eigenvalue weighted by Gasteiger charge is -2.19. The topological polar surface area (TPSA) is 52.0 Å². The Balaban J connectivity index is 2.11. The van der Waals surface area contributed by atoms with Crippen LogP contribution in [0, 0.1) is 11.3 Å². The number of anilines is 2. The van der Waals surface area contributed by atoms with Crippen LogP contribution in [0.3, 0.4) is 0 Å². The predicted molar refractivity (Wildman–Crippen MR) is 77.0 cm³/mol. The molecule has 0 bridgehead atoms. The van der Waals surface area contributed by atoms with E-state index in [2.05, 4.69) is 21.3 Å². The molecule has 0 aliphatic heterocycles. The van der Waals surface area contributed by atoms with Gasteiger partial charge < -0.3 is 10.2 Å². The zero-order valence-electron chi connectivity index (χ0n) is 11.1. The summed E-state index contributed by atoms with van der Waals surface area (Å²) in [5.74, 6) is 0.866. The first kappa shape index (κ1) is 12.9. The number of benzene rings is 1. The molecule has 0 radical (unpaired) electrons. The molecule has 1 N–H and O–H groups in total. The molecule has 96 valence electrons. The minimum atomic E-state index is 0.679. The average Bonchev–Trinajstić information content (AvgIpc) is 2.47. The quantitative estimate of drug-likeness (QED) is 0.908. The van der Waals surface area contributed by atoms with Crippen LogP contribution in [0.25, 0.3) is 0 Å². The van der Waals surface area contributed by atoms with Crippen LogP contribution in [0.15, 0.2) is 42.6 Å². The first-order valence-corrected chi connectivity index (χ1v) is 6.07. The molecular formula is C15H16N4. The zero-order valence-corrected chi connectivity index (χ0v) is 11.1. The van der Waals surface area contributed by atoms with Crippen molar-refractivity contribution in [1.29, 1.82) is 5.26 Å². The van der Waals surface area contributed by atoms with Gasteiger partial charge in [-0.3, -0.25) is 0 Å². The molecule has 1 heterocycles. The molecule has 0 aliphatic carbocycles. The van der Waals surface area contributed by atoms with E-state index in [-0.39, 0.29) is 0 Å². The summed E-state index contributed by atoms with van der Waals surface area (Å²) in [4.78, 5) is 6.33. The van der Waals surface area contributed by atoms with Crippen molar-refractivity contribution in [2.45, 2.75) is 6.54 Å². The third-order valence-corrected chi connectivity index (χ3v) is 2.94. The minimum Gasteiger partial charge on any atom is -0.373 e. The Labute approximate surface area is 113 Å². The normalized spacial score (nSPS) is 9.74. The SMILES string of the molecule is CNc1cc(CN(C)c2ccc(C#N)cc2)ccn1. The minimum absolute atomic E-state index is 0.679. The molecule has 1 aromatic heterocycles. The van der Waals surface area contributed by atoms with Crippen molar-refractivity contribution in [3.63, 3.8) is 0 Å². The van der Waals surface area contributed by atoms with Crippen molar-refractivity contribution in [2.75, 3.05) is 24.3 Å². The van der Waals surface area contributed by atoms with Crippen molar-refractivity contribution in [3.8, 4) is 6.07 Å². The fraction of sp³-hybridized carbons (Fsp3) is 0.200. The number of hydrogen-bond acceptors (Lipinski definition) is 4. The zero-order chi connectivity index (χ0) is 13.7. The lowest BCUT2D eigenvalue weighted by atomic mass is 10.2. The van der Waals surface area contributed by atoms with Gasteiger partial charge in [-0.1, -0.05) is 0 Å². The van der Waals surface area contributed by atoms with E-state index in [9.17, 15) is 0 Å². The van der Waals surface area contributed by atoms with Gasteiger partial charge in [0.15, 0.2) is 0 Å². The lowest BCUT2D eigenvalue weighted by molar-refractivity contribution is 0.920. The van der Waals surface area contributed by atoms with Crippen molar-refractivity contribution < 1.29 is 0 Å². The molecule has 0 saturated heterocycles. The smallest absolute Gasteiger partial charge is 0.125 e. The second kappa shape index (κ2) is 5.87. The van der Waals surface area contributed by atoms with Crippen molar-refractivity contribution in [1.82, 2.24) is 4.98 Å². The molecule has 1 aromatic carbocycles. The summed E-state index contributed by atoms with van der Waals surface area (Å²) >= 11 is 0. The van der Waals surface area contributed by atoms with E-state index in [4.69, 9.17) is 5.26 Å². The predicted octanol–water partition coefficient (Wildman–Crippen LogP) is 2.63. The molecule has 2 aromatic rings. The number of nitrogens with zero attached hydrogens (tertiary/aromatic N) is 3. The van der Waals surface area contributed by atoms with Crippen LogP contribution in [0.2, 0.25) is 0 Å². The average molecular weight is 252 g/mol. The summed E-state index contributed by atoms with van der Waals surface area (Å²) in [6.45, 7) is 0.795. The first-order valence-electron chi connectivity index (χ1n) is 6.07. The number of nitriles is 1. The van der Waals surface area contributed by atoms with Crippen LogP contribution < -0.4 is 10.2 Å². The highest BCUT2D eigenvalue weighted by Crippen LogP contribution is 2.17. The molecule has 0 fully saturated rings. The van der Waals surface area contributed by atoms with Crippen LogP contribution in [0.4, 0.5) is 11.5 Å². The first-order chi connectivity index (χ1) is 9.22. The van der Waals surface area contributed by atoms with E-state index < -0.39 is 0 Å². The summed E-state index contributed by atoms with van der Waals surface area (Å²) in [7, 11) is 3.89. The van der Waals surface area contributed by atoms with Crippen LogP contribution in [-0.2, 0) is 6.54 Å². The Morgan fingerprint density at radius 3 is 2.63 bits per heavy atom. The van der Waals surface area contributed by atoms with Gasteiger partial charge in [0, 0.05) is 32.5 Å². The van der Waals surface area contributed by atoms with Crippen molar-refractivity contribution in [2.24, 2.45) is 0 Å². The number of hydrogen-bond donors (Lipinski definition) is 1. The van der Waals surface area contributed by atoms with Gasteiger partial charge in [0.05, 0.1) is 11.6 Å². The second-order valence-electron chi connectivity index (χ2n) is 4.31. The Hall–Kier alpha value is -2.54. The monoisotopic (exact) mass is 252 g/mol. The highest BCUT2D eigenvalue weighted by molar-refractivity contribution is 5.50. The summed E-state index contributed by atoms with van der Waals surface area (Å²) in [6.07, 6.45) is 1.80. The molecule has 0 saturated carbocycles. The maximum absolute atomic E-state index is 8.78. The third-order valence-electron chi connectivity index (χ3n) is 2.94. The molecule has 19 heavy (non-hydrogen) atoms. The molecule has 0 spiro atoms. The fourth-order valence-corrected chi connectivity index (χ4v) is 1.86. The van der Waals surface area contributed by atoms with Gasteiger partial charge in [0.1, 0.15) is 5.82 Å². The van der Waals surface area contributed by atoms with Gasteiger partial charge >= 0.3 is 0 Å². The van der Waals surface area contributed by atoms with E-state index in [0.29, 0.717) is 5.56 Å². The fourth-order valence-electron chi connectivity index (χ4n) is 1.86. The van der Waals surface area contributed by atoms with Crippen LogP contribution in [-0.4, -0.2) is 19.1 Å². The van der Waals surface area contributed by atoms with Gasteiger partial charge in [0.25, 0.3) is 0 Å². The molecule has 0 amide bonds. The van der Waals surface area contributed by atoms with Crippen molar-refractivity contribution in [3.05, 3.63) is 53.7 Å². The number of nitrogens with one attached hydrogen (secondary N) is 1. The van der Waals surface area contributed by atoms with Gasteiger partial charge in [-0.2, -0.15) is 5.26 Å². The molecule has 0 atom stereocenters. The van der Waals surface area contributed by atoms with Gasteiger partial charge in [-0.15, -0.1) is 0 Å². The maximum atomic E-state index is 8.78. The molecule has 4 heteroatoms. The molecule has 0 unspecified atom stereocenters. The molecule has 4 nitrogen and oxygen atoms in total. The summed E-state index contributed by atoms with van der Waals surface area (Å²) in [6, 6.07) is 13.7. The van der Waals surface area contributed by atoms with E-state index in [0.717, 1.165) is 18.1 Å². The Morgan fingerprint density at radius 1 is 1.26 bits per heavy atom. The van der Waals surface area contributed by atoms with E-state index in [1.165, 1.54) is 5.56 Å². The standard InChI is InChI=1S/C15H16N4/c1-17-15-9-13(7-8-18-15)11-19(2)14-5-3-12(10-16)4-6-14/h3-9H,11H2,1-2H3,(H,17,18). The maximum Gasteiger partial charge on any atom is 0.125 e. The van der Waals surface area contributed by atoms with E-state index in [1.807, 2.05) is 50.5 Å². The summed E-state index contributed by atoms with van der Waals surface area (Å²) < 4.78 is 0. The highest BCUT2D eigenvalue weighted by Gasteiger charge is 2.03. The largest absolute Gasteiger partial charge is 0.373 e. The van der Waals surface area contributed by atoms with E-state index in [1.54, 1.807) is 6.20 Å². The lowest BCUT2D eigenvalue weighted by Crippen LogP contribution is -2.16. The van der Waals surface area contributed by atoms with E-state index >= 15 is 0 Å². The van der Waals surface area contributed by atoms with Gasteiger partial charge in [-0.25, -0.2) is 4.98 Å². The molecule has 0 aliphatic rings. The number of aromatic nitrogens is 1. The summed E-state index contributed by atoms with van der Waals surface area (Å²) in [5, 5.41) is 11.8. The van der Waals surface area contributed by atoms with Crippen LogP contribution in [0.5, 0.6) is 0 Å². The number of rotatable bonds is 4. The second-order valence-corrected chi connectivity index (χ2v) is 4.31. The molecular weight excluding hydrogens is 236 g/mol. The van der Waals surface area contributed by atoms with Crippen LogP contribution >= 0.6 is 0 Å². The third kappa shape index (κ3) is 3.23. The van der Waals surface area contributed by atoms with Gasteiger partial charge in [-0.05, 0) is 42.0 Å². The Kier molecular flexibility index (Phi) is 3.99. The summed E-state index contributed by atoms with van der Waals surface area (Å²) in [5.41, 5.74) is 2.95. The highest BCUT2D eigenvalue weighted by atomic mass is 15.1. The Bertz CT molecular complexity index is 584. The Morgan fingerprint density at radius 2 is 2.00 bits per heavy atom. The molecule has 2 rings (SSSR count). The van der Waals surface area contributed by atoms with Gasteiger partial charge in [0.2, 0.25) is 0 Å². The van der Waals surface area contributed by atoms with Crippen molar-refractivity contribution >= 4 is 11.5 Å². The van der Waals surface area contributed by atoms with Crippen LogP contribution in [0.1, 0.15) is 11.1 Å². The number of pyridine rings is 1.